The molecule has 2 aromatic carbocycles. The van der Waals surface area contributed by atoms with Crippen LogP contribution < -0.4 is 0 Å². The van der Waals surface area contributed by atoms with Crippen molar-refractivity contribution in [3.05, 3.63) is 66.4 Å². The molecule has 140 valence electrons. The van der Waals surface area contributed by atoms with E-state index in [1.54, 1.807) is 18.0 Å². The summed E-state index contributed by atoms with van der Waals surface area (Å²) in [6, 6.07) is 17.5. The standard InChI is InChI=1S/C20H12N6O2S/c1-2-5-14-13(4-1)18-22-23-20(26(18)19(21-14)17-6-3-9-27-17)29-11-12-7-8-15-16(10-12)25-28-24-15/h1-10H,11H2. The van der Waals surface area contributed by atoms with Gasteiger partial charge in [-0.25, -0.2) is 9.61 Å². The highest BCUT2D eigenvalue weighted by atomic mass is 32.2. The monoisotopic (exact) mass is 400 g/mol. The van der Waals surface area contributed by atoms with Gasteiger partial charge in [0.15, 0.2) is 22.4 Å². The molecule has 8 nitrogen and oxygen atoms in total. The number of nitrogens with zero attached hydrogens (tertiary/aromatic N) is 6. The van der Waals surface area contributed by atoms with E-state index in [0.717, 1.165) is 38.3 Å². The van der Waals surface area contributed by atoms with Crippen molar-refractivity contribution >= 4 is 39.3 Å². The average Bonchev–Trinajstić information content (AvgIpc) is 3.52. The predicted molar refractivity (Wildman–Crippen MR) is 107 cm³/mol. The highest BCUT2D eigenvalue weighted by Gasteiger charge is 2.18. The third-order valence-corrected chi connectivity index (χ3v) is 5.64. The lowest BCUT2D eigenvalue weighted by Gasteiger charge is -2.07. The number of thioether (sulfide) groups is 1. The van der Waals surface area contributed by atoms with Gasteiger partial charge in [-0.15, -0.1) is 10.2 Å². The lowest BCUT2D eigenvalue weighted by Crippen LogP contribution is -1.98. The molecule has 0 saturated heterocycles. The molecule has 0 fully saturated rings. The fraction of sp³-hybridized carbons (Fsp3) is 0.0500. The first-order valence-electron chi connectivity index (χ1n) is 8.88. The van der Waals surface area contributed by atoms with Crippen LogP contribution in [0, 0.1) is 0 Å². The Bertz CT molecular complexity index is 1470. The molecule has 0 spiro atoms. The second kappa shape index (κ2) is 6.42. The van der Waals surface area contributed by atoms with Gasteiger partial charge < -0.3 is 4.42 Å². The molecule has 0 N–H and O–H groups in total. The second-order valence-electron chi connectivity index (χ2n) is 6.45. The van der Waals surface area contributed by atoms with E-state index in [-0.39, 0.29) is 0 Å². The van der Waals surface area contributed by atoms with Gasteiger partial charge in [-0.05, 0) is 52.3 Å². The molecule has 0 aliphatic heterocycles. The number of hydrogen-bond donors (Lipinski definition) is 0. The maximum Gasteiger partial charge on any atom is 0.197 e. The highest BCUT2D eigenvalue weighted by molar-refractivity contribution is 7.98. The van der Waals surface area contributed by atoms with E-state index < -0.39 is 0 Å². The van der Waals surface area contributed by atoms with E-state index in [2.05, 4.69) is 20.5 Å². The van der Waals surface area contributed by atoms with Crippen molar-refractivity contribution < 1.29 is 9.05 Å². The minimum atomic E-state index is 0.664. The van der Waals surface area contributed by atoms with E-state index >= 15 is 0 Å². The van der Waals surface area contributed by atoms with Crippen molar-refractivity contribution in [3.8, 4) is 11.6 Å². The first-order chi connectivity index (χ1) is 14.4. The molecule has 0 aliphatic carbocycles. The molecule has 4 aromatic heterocycles. The Hall–Kier alpha value is -3.72. The van der Waals surface area contributed by atoms with Crippen LogP contribution in [0.1, 0.15) is 5.56 Å². The van der Waals surface area contributed by atoms with Gasteiger partial charge in [-0.3, -0.25) is 4.40 Å². The van der Waals surface area contributed by atoms with Crippen LogP contribution in [0.15, 0.2) is 75.1 Å². The summed E-state index contributed by atoms with van der Waals surface area (Å²) in [4.78, 5) is 4.81. The molecule has 0 unspecified atom stereocenters. The van der Waals surface area contributed by atoms with Crippen LogP contribution >= 0.6 is 11.8 Å². The van der Waals surface area contributed by atoms with Crippen LogP contribution in [0.2, 0.25) is 0 Å². The van der Waals surface area contributed by atoms with Gasteiger partial charge in [-0.1, -0.05) is 30.0 Å². The molecular weight excluding hydrogens is 388 g/mol. The molecular formula is C20H12N6O2S. The number of para-hydroxylation sites is 1. The minimum Gasteiger partial charge on any atom is -0.461 e. The summed E-state index contributed by atoms with van der Waals surface area (Å²) in [5, 5.41) is 18.3. The number of hydrogen-bond acceptors (Lipinski definition) is 8. The third-order valence-electron chi connectivity index (χ3n) is 4.64. The van der Waals surface area contributed by atoms with Gasteiger partial charge in [-0.2, -0.15) is 0 Å². The largest absolute Gasteiger partial charge is 0.461 e. The zero-order valence-corrected chi connectivity index (χ0v) is 15.7. The van der Waals surface area contributed by atoms with E-state index in [1.165, 1.54) is 0 Å². The SMILES string of the molecule is c1coc(-c2nc3ccccc3c3nnc(SCc4ccc5nonc5c4)n23)c1. The summed E-state index contributed by atoms with van der Waals surface area (Å²) in [6.45, 7) is 0. The lowest BCUT2D eigenvalue weighted by molar-refractivity contribution is 0.315. The Kier molecular flexibility index (Phi) is 3.60. The normalized spacial score (nSPS) is 11.7. The van der Waals surface area contributed by atoms with Gasteiger partial charge in [0.25, 0.3) is 0 Å². The quantitative estimate of drug-likeness (QED) is 0.403. The van der Waals surface area contributed by atoms with E-state index in [0.29, 0.717) is 17.3 Å². The Balaban J connectivity index is 1.47. The maximum absolute atomic E-state index is 5.63. The maximum atomic E-state index is 5.63. The molecule has 6 aromatic rings. The molecule has 0 aliphatic rings. The molecule has 0 bridgehead atoms. The molecule has 0 amide bonds. The molecule has 9 heteroatoms. The van der Waals surface area contributed by atoms with Crippen LogP contribution in [-0.4, -0.2) is 29.9 Å². The van der Waals surface area contributed by atoms with Crippen molar-refractivity contribution in [1.82, 2.24) is 29.9 Å². The van der Waals surface area contributed by atoms with Crippen molar-refractivity contribution in [1.29, 1.82) is 0 Å². The second-order valence-corrected chi connectivity index (χ2v) is 7.39. The summed E-state index contributed by atoms with van der Waals surface area (Å²) in [7, 11) is 0. The Morgan fingerprint density at radius 1 is 0.897 bits per heavy atom. The number of rotatable bonds is 4. The number of fused-ring (bicyclic) bond motifs is 4. The lowest BCUT2D eigenvalue weighted by atomic mass is 10.2. The fourth-order valence-corrected chi connectivity index (χ4v) is 4.17. The summed E-state index contributed by atoms with van der Waals surface area (Å²) < 4.78 is 12.3. The predicted octanol–water partition coefficient (Wildman–Crippen LogP) is 4.37. The van der Waals surface area contributed by atoms with Crippen molar-refractivity contribution in [2.75, 3.05) is 0 Å². The zero-order valence-electron chi connectivity index (χ0n) is 14.9. The highest BCUT2D eigenvalue weighted by Crippen LogP contribution is 2.30. The van der Waals surface area contributed by atoms with Crippen LogP contribution in [0.3, 0.4) is 0 Å². The summed E-state index contributed by atoms with van der Waals surface area (Å²) in [6.07, 6.45) is 1.64. The molecule has 4 heterocycles. The summed E-state index contributed by atoms with van der Waals surface area (Å²) >= 11 is 1.57. The van der Waals surface area contributed by atoms with Gasteiger partial charge in [0.05, 0.1) is 11.8 Å². The first kappa shape index (κ1) is 16.3. The van der Waals surface area contributed by atoms with E-state index in [9.17, 15) is 0 Å². The number of aromatic nitrogens is 6. The average molecular weight is 400 g/mol. The topological polar surface area (TPSA) is 95.1 Å². The van der Waals surface area contributed by atoms with Crippen LogP contribution in [-0.2, 0) is 5.75 Å². The molecule has 0 saturated carbocycles. The van der Waals surface area contributed by atoms with Crippen LogP contribution in [0.4, 0.5) is 0 Å². The molecule has 0 atom stereocenters. The van der Waals surface area contributed by atoms with Gasteiger partial charge in [0.1, 0.15) is 11.0 Å². The Labute approximate surface area is 167 Å². The number of furan rings is 1. The summed E-state index contributed by atoms with van der Waals surface area (Å²) in [5.41, 5.74) is 4.16. The molecule has 6 rings (SSSR count). The Morgan fingerprint density at radius 3 is 2.76 bits per heavy atom. The number of benzene rings is 2. The third kappa shape index (κ3) is 2.66. The van der Waals surface area contributed by atoms with Crippen LogP contribution in [0.5, 0.6) is 0 Å². The summed E-state index contributed by atoms with van der Waals surface area (Å²) in [5.74, 6) is 2.03. The fourth-order valence-electron chi connectivity index (χ4n) is 3.29. The zero-order chi connectivity index (χ0) is 19.2. The van der Waals surface area contributed by atoms with Crippen molar-refractivity contribution in [2.45, 2.75) is 10.9 Å². The van der Waals surface area contributed by atoms with Gasteiger partial charge in [0.2, 0.25) is 0 Å². The van der Waals surface area contributed by atoms with Gasteiger partial charge >= 0.3 is 0 Å². The van der Waals surface area contributed by atoms with Crippen LogP contribution in [0.25, 0.3) is 39.2 Å². The van der Waals surface area contributed by atoms with Crippen molar-refractivity contribution in [3.63, 3.8) is 0 Å². The Morgan fingerprint density at radius 2 is 1.83 bits per heavy atom. The molecule has 0 radical (unpaired) electrons. The van der Waals surface area contributed by atoms with Gasteiger partial charge in [0, 0.05) is 11.1 Å². The smallest absolute Gasteiger partial charge is 0.197 e. The van der Waals surface area contributed by atoms with E-state index in [1.807, 2.05) is 59.0 Å². The molecule has 29 heavy (non-hydrogen) atoms. The first-order valence-corrected chi connectivity index (χ1v) is 9.87. The van der Waals surface area contributed by atoms with Crippen molar-refractivity contribution in [2.24, 2.45) is 0 Å². The van der Waals surface area contributed by atoms with E-state index in [4.69, 9.17) is 14.0 Å². The minimum absolute atomic E-state index is 0.664.